The zero-order valence-electron chi connectivity index (χ0n) is 19.4. The number of benzene rings is 1. The summed E-state index contributed by atoms with van der Waals surface area (Å²) in [5.74, 6) is -0.623. The first kappa shape index (κ1) is 23.8. The average Bonchev–Trinajstić information content (AvgIpc) is 3.20. The monoisotopic (exact) mass is 473 g/mol. The highest BCUT2D eigenvalue weighted by Crippen LogP contribution is 2.37. The molecule has 3 N–H and O–H groups in total. The largest absolute Gasteiger partial charge is 0.507 e. The van der Waals surface area contributed by atoms with Crippen LogP contribution in [0.5, 0.6) is 11.5 Å². The summed E-state index contributed by atoms with van der Waals surface area (Å²) in [4.78, 5) is 27.3. The molecule has 4 atom stereocenters. The van der Waals surface area contributed by atoms with Gasteiger partial charge in [0.15, 0.2) is 12.2 Å². The van der Waals surface area contributed by atoms with Crippen LogP contribution in [0.15, 0.2) is 39.5 Å². The lowest BCUT2D eigenvalue weighted by Gasteiger charge is -2.47. The lowest BCUT2D eigenvalue weighted by molar-refractivity contribution is -0.305. The molecule has 1 aliphatic rings. The minimum atomic E-state index is -1.41. The van der Waals surface area contributed by atoms with Crippen LogP contribution in [0, 0.1) is 13.8 Å². The van der Waals surface area contributed by atoms with E-state index in [4.69, 9.17) is 23.4 Å². The molecule has 0 amide bonds. The first-order valence-corrected chi connectivity index (χ1v) is 10.7. The third kappa shape index (κ3) is 4.27. The zero-order valence-corrected chi connectivity index (χ0v) is 19.4. The SMILES string of the molecule is COC1C(OC(=O)c2ccc(C)[nH]2)C(O)C(Oc2ccc3c(O)cc(=O)oc3c2C)OC1(C)C. The maximum atomic E-state index is 12.7. The van der Waals surface area contributed by atoms with Gasteiger partial charge in [0.25, 0.3) is 0 Å². The Morgan fingerprint density at radius 3 is 2.56 bits per heavy atom. The number of carbonyl (C=O) groups excluding carboxylic acids is 1. The van der Waals surface area contributed by atoms with E-state index in [0.29, 0.717) is 10.9 Å². The highest BCUT2D eigenvalue weighted by molar-refractivity contribution is 5.88. The summed E-state index contributed by atoms with van der Waals surface area (Å²) < 4.78 is 28.4. The van der Waals surface area contributed by atoms with E-state index in [2.05, 4.69) is 4.98 Å². The summed E-state index contributed by atoms with van der Waals surface area (Å²) >= 11 is 0. The van der Waals surface area contributed by atoms with E-state index in [9.17, 15) is 19.8 Å². The number of esters is 1. The summed E-state index contributed by atoms with van der Waals surface area (Å²) in [6.45, 7) is 6.91. The van der Waals surface area contributed by atoms with Gasteiger partial charge in [-0.05, 0) is 52.0 Å². The minimum Gasteiger partial charge on any atom is -0.507 e. The number of H-pyrrole nitrogens is 1. The van der Waals surface area contributed by atoms with Gasteiger partial charge in [0.05, 0.1) is 17.1 Å². The fraction of sp³-hybridized carbons (Fsp3) is 0.417. The third-order valence-electron chi connectivity index (χ3n) is 5.90. The maximum absolute atomic E-state index is 12.7. The first-order chi connectivity index (χ1) is 16.0. The van der Waals surface area contributed by atoms with Crippen molar-refractivity contribution in [3.8, 4) is 11.5 Å². The van der Waals surface area contributed by atoms with Gasteiger partial charge in [0.2, 0.25) is 6.29 Å². The highest BCUT2D eigenvalue weighted by atomic mass is 16.7. The number of aromatic nitrogens is 1. The molecule has 1 saturated heterocycles. The molecular weight excluding hydrogens is 446 g/mol. The number of nitrogens with one attached hydrogen (secondary N) is 1. The van der Waals surface area contributed by atoms with E-state index < -0.39 is 41.8 Å². The Kier molecular flexibility index (Phi) is 6.15. The van der Waals surface area contributed by atoms with Gasteiger partial charge in [0.1, 0.15) is 28.9 Å². The van der Waals surface area contributed by atoms with Gasteiger partial charge >= 0.3 is 11.6 Å². The van der Waals surface area contributed by atoms with E-state index in [1.54, 1.807) is 45.9 Å². The van der Waals surface area contributed by atoms with E-state index in [0.717, 1.165) is 11.8 Å². The number of hydrogen-bond donors (Lipinski definition) is 3. The molecule has 1 aliphatic heterocycles. The second kappa shape index (κ2) is 8.79. The molecule has 1 aromatic carbocycles. The molecule has 2 aromatic heterocycles. The summed E-state index contributed by atoms with van der Waals surface area (Å²) in [5, 5.41) is 21.5. The summed E-state index contributed by atoms with van der Waals surface area (Å²) in [6, 6.07) is 7.39. The van der Waals surface area contributed by atoms with Crippen LogP contribution in [-0.2, 0) is 14.2 Å². The van der Waals surface area contributed by atoms with Gasteiger partial charge in [0, 0.05) is 18.4 Å². The predicted molar refractivity (Wildman–Crippen MR) is 120 cm³/mol. The normalized spacial score (nSPS) is 24.2. The minimum absolute atomic E-state index is 0.145. The molecule has 3 aromatic rings. The topological polar surface area (TPSA) is 140 Å². The van der Waals surface area contributed by atoms with Gasteiger partial charge in [-0.1, -0.05) is 0 Å². The molecule has 10 heteroatoms. The van der Waals surface area contributed by atoms with Crippen LogP contribution in [0.4, 0.5) is 0 Å². The van der Waals surface area contributed by atoms with Crippen molar-refractivity contribution in [3.63, 3.8) is 0 Å². The highest BCUT2D eigenvalue weighted by Gasteiger charge is 2.53. The standard InChI is InChI=1S/C24H27NO9/c1-11-6-8-14(25-11)22(29)33-20-18(28)23(34-24(3,4)21(20)30-5)31-16-9-7-13-15(26)10-17(27)32-19(13)12(16)2/h6-10,18,20-21,23,25-26,28H,1-5H3. The number of carbonyl (C=O) groups is 1. The van der Waals surface area contributed by atoms with E-state index in [-0.39, 0.29) is 22.8 Å². The van der Waals surface area contributed by atoms with Crippen LogP contribution in [0.3, 0.4) is 0 Å². The van der Waals surface area contributed by atoms with Crippen LogP contribution in [0.2, 0.25) is 0 Å². The second-order valence-corrected chi connectivity index (χ2v) is 8.80. The van der Waals surface area contributed by atoms with Gasteiger partial charge < -0.3 is 38.6 Å². The van der Waals surface area contributed by atoms with Crippen LogP contribution in [0.1, 0.15) is 35.6 Å². The number of hydrogen-bond acceptors (Lipinski definition) is 9. The van der Waals surface area contributed by atoms with Crippen molar-refractivity contribution >= 4 is 16.9 Å². The predicted octanol–water partition coefficient (Wildman–Crippen LogP) is 2.56. The number of fused-ring (bicyclic) bond motifs is 1. The summed E-state index contributed by atoms with van der Waals surface area (Å²) in [7, 11) is 1.44. The quantitative estimate of drug-likeness (QED) is 0.377. The van der Waals surface area contributed by atoms with Gasteiger partial charge in [-0.25, -0.2) is 9.59 Å². The van der Waals surface area contributed by atoms with Crippen LogP contribution in [-0.4, -0.2) is 58.5 Å². The number of ether oxygens (including phenoxy) is 4. The Bertz CT molecular complexity index is 1280. The average molecular weight is 473 g/mol. The van der Waals surface area contributed by atoms with Crippen LogP contribution in [0.25, 0.3) is 11.0 Å². The zero-order chi connectivity index (χ0) is 24.8. The van der Waals surface area contributed by atoms with Gasteiger partial charge in [-0.2, -0.15) is 0 Å². The molecular formula is C24H27NO9. The van der Waals surface area contributed by atoms with Crippen molar-refractivity contribution in [1.29, 1.82) is 0 Å². The molecule has 182 valence electrons. The number of rotatable bonds is 5. The molecule has 0 spiro atoms. The fourth-order valence-corrected chi connectivity index (χ4v) is 4.20. The molecule has 4 unspecified atom stereocenters. The van der Waals surface area contributed by atoms with Crippen LogP contribution < -0.4 is 10.4 Å². The number of aromatic amines is 1. The van der Waals surface area contributed by atoms with Crippen LogP contribution >= 0.6 is 0 Å². The number of methoxy groups -OCH3 is 1. The second-order valence-electron chi connectivity index (χ2n) is 8.80. The molecule has 0 saturated carbocycles. The molecule has 0 bridgehead atoms. The van der Waals surface area contributed by atoms with Gasteiger partial charge in [-0.15, -0.1) is 0 Å². The molecule has 0 radical (unpaired) electrons. The first-order valence-electron chi connectivity index (χ1n) is 10.7. The molecule has 3 heterocycles. The molecule has 34 heavy (non-hydrogen) atoms. The van der Waals surface area contributed by atoms with E-state index >= 15 is 0 Å². The van der Waals surface area contributed by atoms with Crippen molar-refractivity contribution in [2.24, 2.45) is 0 Å². The third-order valence-corrected chi connectivity index (χ3v) is 5.90. The number of aromatic hydroxyl groups is 1. The molecule has 4 rings (SSSR count). The fourth-order valence-electron chi connectivity index (χ4n) is 4.20. The smallest absolute Gasteiger partial charge is 0.355 e. The lowest BCUT2D eigenvalue weighted by Crippen LogP contribution is -2.65. The Morgan fingerprint density at radius 1 is 1.18 bits per heavy atom. The molecule has 10 nitrogen and oxygen atoms in total. The Hall–Kier alpha value is -3.34. The van der Waals surface area contributed by atoms with Crippen molar-refractivity contribution in [2.45, 2.75) is 57.9 Å². The van der Waals surface area contributed by atoms with Crippen molar-refractivity contribution in [3.05, 3.63) is 57.7 Å². The van der Waals surface area contributed by atoms with E-state index in [1.165, 1.54) is 13.2 Å². The Balaban J connectivity index is 1.65. The lowest BCUT2D eigenvalue weighted by atomic mass is 9.89. The molecule has 1 fully saturated rings. The number of aliphatic hydroxyl groups excluding tert-OH is 1. The van der Waals surface area contributed by atoms with Crippen molar-refractivity contribution in [2.75, 3.05) is 7.11 Å². The summed E-state index contributed by atoms with van der Waals surface area (Å²) in [5.41, 5.74) is -0.134. The number of aryl methyl sites for hydroxylation is 2. The molecule has 0 aliphatic carbocycles. The maximum Gasteiger partial charge on any atom is 0.355 e. The van der Waals surface area contributed by atoms with Crippen molar-refractivity contribution in [1.82, 2.24) is 4.98 Å². The van der Waals surface area contributed by atoms with E-state index in [1.807, 2.05) is 0 Å². The Morgan fingerprint density at radius 2 is 1.91 bits per heavy atom. The van der Waals surface area contributed by atoms with Crippen molar-refractivity contribution < 1.29 is 38.4 Å². The Labute approximate surface area is 195 Å². The number of aliphatic hydroxyl groups is 1. The summed E-state index contributed by atoms with van der Waals surface area (Å²) in [6.07, 6.45) is -4.57. The van der Waals surface area contributed by atoms with Gasteiger partial charge in [-0.3, -0.25) is 0 Å².